The maximum absolute atomic E-state index is 3.64. The molecule has 19 heavy (non-hydrogen) atoms. The summed E-state index contributed by atoms with van der Waals surface area (Å²) in [6.07, 6.45) is 7.18. The maximum Gasteiger partial charge on any atom is 0.00473 e. The Morgan fingerprint density at radius 3 is 2.63 bits per heavy atom. The van der Waals surface area contributed by atoms with Gasteiger partial charge in [0.05, 0.1) is 0 Å². The number of nitrogens with zero attached hydrogens (tertiary/aromatic N) is 1. The van der Waals surface area contributed by atoms with Gasteiger partial charge in [-0.3, -0.25) is 0 Å². The highest BCUT2D eigenvalue weighted by molar-refractivity contribution is 4.91. The molecule has 0 aromatic rings. The molecule has 1 N–H and O–H groups in total. The third kappa shape index (κ3) is 4.46. The van der Waals surface area contributed by atoms with E-state index in [4.69, 9.17) is 0 Å². The van der Waals surface area contributed by atoms with Crippen molar-refractivity contribution in [2.45, 2.75) is 52.9 Å². The Labute approximate surface area is 120 Å². The average Bonchev–Trinajstić information content (AvgIpc) is 3.02. The minimum Gasteiger partial charge on any atom is -0.316 e. The van der Waals surface area contributed by atoms with E-state index in [0.717, 1.165) is 24.3 Å². The first-order valence-electron chi connectivity index (χ1n) is 8.44. The van der Waals surface area contributed by atoms with Crippen molar-refractivity contribution >= 4 is 0 Å². The smallest absolute Gasteiger partial charge is 0.00473 e. The zero-order valence-electron chi connectivity index (χ0n) is 13.5. The van der Waals surface area contributed by atoms with Crippen LogP contribution in [-0.2, 0) is 0 Å². The molecule has 2 rings (SSSR count). The van der Waals surface area contributed by atoms with E-state index in [1.165, 1.54) is 51.7 Å². The largest absolute Gasteiger partial charge is 0.316 e. The molecule has 4 atom stereocenters. The highest BCUT2D eigenvalue weighted by Gasteiger charge is 2.38. The van der Waals surface area contributed by atoms with Gasteiger partial charge in [-0.25, -0.2) is 0 Å². The van der Waals surface area contributed by atoms with Crippen LogP contribution in [0, 0.1) is 23.2 Å². The van der Waals surface area contributed by atoms with Gasteiger partial charge in [-0.2, -0.15) is 0 Å². The molecule has 0 saturated heterocycles. The molecule has 2 saturated carbocycles. The lowest BCUT2D eigenvalue weighted by Gasteiger charge is -2.43. The fourth-order valence-corrected chi connectivity index (χ4v) is 4.21. The Hall–Kier alpha value is -0.0800. The minimum atomic E-state index is 0.542. The van der Waals surface area contributed by atoms with Crippen molar-refractivity contribution in [1.82, 2.24) is 10.2 Å². The van der Waals surface area contributed by atoms with E-state index in [1.54, 1.807) is 0 Å². The first kappa shape index (κ1) is 15.3. The summed E-state index contributed by atoms with van der Waals surface area (Å²) in [5, 5.41) is 3.64. The summed E-state index contributed by atoms with van der Waals surface area (Å²) < 4.78 is 0. The van der Waals surface area contributed by atoms with Crippen molar-refractivity contribution in [1.29, 1.82) is 0 Å². The van der Waals surface area contributed by atoms with E-state index < -0.39 is 0 Å². The van der Waals surface area contributed by atoms with Crippen LogP contribution in [0.5, 0.6) is 0 Å². The second-order valence-electron chi connectivity index (χ2n) is 7.65. The zero-order valence-corrected chi connectivity index (χ0v) is 13.5. The molecule has 0 aromatic heterocycles. The molecule has 0 bridgehead atoms. The molecule has 112 valence electrons. The molecule has 2 aliphatic rings. The third-order valence-electron chi connectivity index (χ3n) is 5.36. The summed E-state index contributed by atoms with van der Waals surface area (Å²) in [7, 11) is 2.35. The summed E-state index contributed by atoms with van der Waals surface area (Å²) in [6, 6.07) is 0. The number of rotatable bonds is 7. The second-order valence-corrected chi connectivity index (χ2v) is 7.65. The first-order chi connectivity index (χ1) is 9.04. The Kier molecular flexibility index (Phi) is 5.30. The Balaban J connectivity index is 1.88. The lowest BCUT2D eigenvalue weighted by Crippen LogP contribution is -2.46. The molecule has 0 spiro atoms. The van der Waals surface area contributed by atoms with Gasteiger partial charge in [0.1, 0.15) is 0 Å². The Bertz CT molecular complexity index is 278. The number of hydrogen-bond acceptors (Lipinski definition) is 2. The third-order valence-corrected chi connectivity index (χ3v) is 5.36. The van der Waals surface area contributed by atoms with Crippen molar-refractivity contribution in [3.63, 3.8) is 0 Å². The number of hydrogen-bond donors (Lipinski definition) is 1. The van der Waals surface area contributed by atoms with Crippen LogP contribution in [-0.4, -0.2) is 38.1 Å². The topological polar surface area (TPSA) is 15.3 Å². The van der Waals surface area contributed by atoms with Gasteiger partial charge in [-0.15, -0.1) is 0 Å². The van der Waals surface area contributed by atoms with Gasteiger partial charge in [0.25, 0.3) is 0 Å². The first-order valence-corrected chi connectivity index (χ1v) is 8.44. The van der Waals surface area contributed by atoms with Crippen LogP contribution >= 0.6 is 0 Å². The molecular formula is C17H34N2. The molecule has 0 amide bonds. The van der Waals surface area contributed by atoms with Crippen molar-refractivity contribution < 1.29 is 0 Å². The van der Waals surface area contributed by atoms with E-state index in [0.29, 0.717) is 5.41 Å². The van der Waals surface area contributed by atoms with E-state index in [9.17, 15) is 0 Å². The van der Waals surface area contributed by atoms with Crippen molar-refractivity contribution in [3.05, 3.63) is 0 Å². The summed E-state index contributed by atoms with van der Waals surface area (Å²) in [6.45, 7) is 12.0. The zero-order chi connectivity index (χ0) is 13.9. The lowest BCUT2D eigenvalue weighted by molar-refractivity contribution is 0.0899. The van der Waals surface area contributed by atoms with Crippen LogP contribution in [0.3, 0.4) is 0 Å². The molecule has 2 aliphatic carbocycles. The monoisotopic (exact) mass is 266 g/mol. The minimum absolute atomic E-state index is 0.542. The van der Waals surface area contributed by atoms with Gasteiger partial charge in [-0.05, 0) is 56.0 Å². The van der Waals surface area contributed by atoms with Crippen LogP contribution in [0.4, 0.5) is 0 Å². The molecule has 2 nitrogen and oxygen atoms in total. The second kappa shape index (κ2) is 6.58. The van der Waals surface area contributed by atoms with E-state index in [1.807, 2.05) is 0 Å². The molecular weight excluding hydrogens is 232 g/mol. The summed E-state index contributed by atoms with van der Waals surface area (Å²) in [5.41, 5.74) is 0.542. The molecule has 0 aromatic carbocycles. The molecule has 4 unspecified atom stereocenters. The highest BCUT2D eigenvalue weighted by atomic mass is 15.1. The van der Waals surface area contributed by atoms with Gasteiger partial charge >= 0.3 is 0 Å². The quantitative estimate of drug-likeness (QED) is 0.760. The van der Waals surface area contributed by atoms with Crippen LogP contribution < -0.4 is 5.32 Å². The summed E-state index contributed by atoms with van der Waals surface area (Å²) in [5.74, 6) is 2.89. The highest BCUT2D eigenvalue weighted by Crippen LogP contribution is 2.41. The van der Waals surface area contributed by atoms with Crippen molar-refractivity contribution in [3.8, 4) is 0 Å². The van der Waals surface area contributed by atoms with Gasteiger partial charge in [0.15, 0.2) is 0 Å². The Morgan fingerprint density at radius 2 is 2.05 bits per heavy atom. The molecule has 0 heterocycles. The molecule has 2 fully saturated rings. The predicted octanol–water partition coefficient (Wildman–Crippen LogP) is 3.38. The van der Waals surface area contributed by atoms with Crippen LogP contribution in [0.15, 0.2) is 0 Å². The Morgan fingerprint density at radius 1 is 1.32 bits per heavy atom. The van der Waals surface area contributed by atoms with Gasteiger partial charge in [-0.1, -0.05) is 33.6 Å². The van der Waals surface area contributed by atoms with Gasteiger partial charge < -0.3 is 10.2 Å². The maximum atomic E-state index is 3.64. The predicted molar refractivity (Wildman–Crippen MR) is 83.4 cm³/mol. The standard InChI is InChI=1S/C17H34N2/c1-5-18-12-17(8-6-7-14(2)10-17)13-19(4)11-16-9-15(16)3/h14-16,18H,5-13H2,1-4H3. The number of nitrogens with one attached hydrogen (secondary N) is 1. The van der Waals surface area contributed by atoms with Crippen LogP contribution in [0.1, 0.15) is 52.9 Å². The van der Waals surface area contributed by atoms with Gasteiger partial charge in [0.2, 0.25) is 0 Å². The van der Waals surface area contributed by atoms with E-state index >= 15 is 0 Å². The fraction of sp³-hybridized carbons (Fsp3) is 1.00. The van der Waals surface area contributed by atoms with Crippen LogP contribution in [0.25, 0.3) is 0 Å². The fourth-order valence-electron chi connectivity index (χ4n) is 4.21. The lowest BCUT2D eigenvalue weighted by atomic mass is 9.69. The van der Waals surface area contributed by atoms with E-state index in [2.05, 4.69) is 38.0 Å². The van der Waals surface area contributed by atoms with E-state index in [-0.39, 0.29) is 0 Å². The molecule has 0 aliphatic heterocycles. The van der Waals surface area contributed by atoms with Crippen molar-refractivity contribution in [2.24, 2.45) is 23.2 Å². The SMILES string of the molecule is CCNCC1(CN(C)CC2CC2C)CCCC(C)C1. The normalized spacial score (nSPS) is 38.7. The summed E-state index contributed by atoms with van der Waals surface area (Å²) >= 11 is 0. The van der Waals surface area contributed by atoms with Gasteiger partial charge in [0, 0.05) is 19.6 Å². The summed E-state index contributed by atoms with van der Waals surface area (Å²) in [4.78, 5) is 2.63. The average molecular weight is 266 g/mol. The molecule has 2 heteroatoms. The van der Waals surface area contributed by atoms with Crippen LogP contribution in [0.2, 0.25) is 0 Å². The van der Waals surface area contributed by atoms with Crippen molar-refractivity contribution in [2.75, 3.05) is 33.2 Å². The molecule has 0 radical (unpaired) electrons.